The van der Waals surface area contributed by atoms with Gasteiger partial charge in [-0.3, -0.25) is 0 Å². The molecule has 0 spiro atoms. The minimum atomic E-state index is -0.0292. The van der Waals surface area contributed by atoms with Crippen LogP contribution in [0.15, 0.2) is 42.5 Å². The number of halogens is 1. The minimum absolute atomic E-state index is 0.0292. The van der Waals surface area contributed by atoms with Crippen LogP contribution in [0.2, 0.25) is 5.02 Å². The van der Waals surface area contributed by atoms with Crippen LogP contribution < -0.4 is 5.46 Å². The fourth-order valence-corrected chi connectivity index (χ4v) is 2.81. The second-order valence-corrected chi connectivity index (χ2v) is 5.78. The molecule has 3 rings (SSSR count). The lowest BCUT2D eigenvalue weighted by Crippen LogP contribution is -2.14. The van der Waals surface area contributed by atoms with Crippen molar-refractivity contribution in [1.82, 2.24) is 4.90 Å². The summed E-state index contributed by atoms with van der Waals surface area (Å²) in [5, 5.41) is 0.765. The van der Waals surface area contributed by atoms with E-state index in [1.165, 1.54) is 16.7 Å². The topological polar surface area (TPSA) is 12.5 Å². The maximum Gasteiger partial charge on any atom is 0.331 e. The van der Waals surface area contributed by atoms with Crippen LogP contribution in [-0.4, -0.2) is 26.5 Å². The third-order valence-electron chi connectivity index (χ3n) is 3.48. The van der Waals surface area contributed by atoms with Crippen LogP contribution in [-0.2, 0) is 11.2 Å². The van der Waals surface area contributed by atoms with Crippen LogP contribution in [0.4, 0.5) is 0 Å². The van der Waals surface area contributed by atoms with Crippen molar-refractivity contribution in [3.05, 3.63) is 64.2 Å². The molecular formula is C16H16BClNO. The monoisotopic (exact) mass is 284 g/mol. The zero-order valence-electron chi connectivity index (χ0n) is 11.6. The summed E-state index contributed by atoms with van der Waals surface area (Å²) in [5.74, 6) is 0. The van der Waals surface area contributed by atoms with Crippen molar-refractivity contribution >= 4 is 24.5 Å². The zero-order chi connectivity index (χ0) is 14.1. The summed E-state index contributed by atoms with van der Waals surface area (Å²) in [6, 6.07) is 14.3. The average Bonchev–Trinajstić information content (AvgIpc) is 2.82. The molecule has 0 saturated heterocycles. The van der Waals surface area contributed by atoms with E-state index in [0.29, 0.717) is 0 Å². The Balaban J connectivity index is 2.03. The van der Waals surface area contributed by atoms with Crippen molar-refractivity contribution in [3.63, 3.8) is 0 Å². The number of hydrogen-bond acceptors (Lipinski definition) is 2. The van der Waals surface area contributed by atoms with Gasteiger partial charge in [0, 0.05) is 11.6 Å². The summed E-state index contributed by atoms with van der Waals surface area (Å²) in [6.07, 6.45) is -0.0292. The van der Waals surface area contributed by atoms with Crippen LogP contribution in [0, 0.1) is 0 Å². The molecule has 1 radical (unpaired) electrons. The van der Waals surface area contributed by atoms with E-state index >= 15 is 0 Å². The molecule has 1 unspecified atom stereocenters. The first-order valence-electron chi connectivity index (χ1n) is 6.66. The van der Waals surface area contributed by atoms with Crippen LogP contribution in [0.1, 0.15) is 22.8 Å². The average molecular weight is 285 g/mol. The van der Waals surface area contributed by atoms with Crippen molar-refractivity contribution < 1.29 is 4.65 Å². The lowest BCUT2D eigenvalue weighted by Gasteiger charge is -2.20. The third kappa shape index (κ3) is 2.62. The highest BCUT2D eigenvalue weighted by Gasteiger charge is 2.27. The van der Waals surface area contributed by atoms with Gasteiger partial charge in [-0.15, -0.1) is 0 Å². The number of benzene rings is 2. The van der Waals surface area contributed by atoms with Gasteiger partial charge in [0.15, 0.2) is 0 Å². The number of hydrogen-bond donors (Lipinski definition) is 0. The Morgan fingerprint density at radius 3 is 2.75 bits per heavy atom. The van der Waals surface area contributed by atoms with Crippen LogP contribution in [0.25, 0.3) is 0 Å². The summed E-state index contributed by atoms with van der Waals surface area (Å²) < 4.78 is 5.88. The summed E-state index contributed by atoms with van der Waals surface area (Å²) in [5.41, 5.74) is 4.76. The van der Waals surface area contributed by atoms with E-state index in [-0.39, 0.29) is 6.10 Å². The molecule has 2 nitrogen and oxygen atoms in total. The molecular weight excluding hydrogens is 268 g/mol. The van der Waals surface area contributed by atoms with Gasteiger partial charge in [-0.1, -0.05) is 41.9 Å². The van der Waals surface area contributed by atoms with Crippen molar-refractivity contribution in [2.75, 3.05) is 14.1 Å². The maximum atomic E-state index is 6.14. The molecule has 0 amide bonds. The summed E-state index contributed by atoms with van der Waals surface area (Å²) in [7, 11) is 5.95. The molecule has 20 heavy (non-hydrogen) atoms. The minimum Gasteiger partial charge on any atom is -0.424 e. The molecule has 0 bridgehead atoms. The van der Waals surface area contributed by atoms with E-state index in [4.69, 9.17) is 16.3 Å². The fraction of sp³-hybridized carbons (Fsp3) is 0.250. The van der Waals surface area contributed by atoms with E-state index < -0.39 is 0 Å². The van der Waals surface area contributed by atoms with Gasteiger partial charge < -0.3 is 9.55 Å². The molecule has 0 aliphatic carbocycles. The van der Waals surface area contributed by atoms with Gasteiger partial charge in [0.1, 0.15) is 0 Å². The van der Waals surface area contributed by atoms with Crippen molar-refractivity contribution in [2.45, 2.75) is 12.6 Å². The highest BCUT2D eigenvalue weighted by Crippen LogP contribution is 2.32. The third-order valence-corrected chi connectivity index (χ3v) is 3.72. The van der Waals surface area contributed by atoms with Crippen molar-refractivity contribution in [1.29, 1.82) is 0 Å². The molecule has 0 saturated carbocycles. The van der Waals surface area contributed by atoms with E-state index in [1.54, 1.807) is 0 Å². The summed E-state index contributed by atoms with van der Waals surface area (Å²) in [6.45, 7) is 0.845. The van der Waals surface area contributed by atoms with Crippen molar-refractivity contribution in [3.8, 4) is 0 Å². The Bertz CT molecular complexity index is 630. The Hall–Kier alpha value is -1.29. The molecule has 1 atom stereocenters. The molecule has 1 aliphatic heterocycles. The highest BCUT2D eigenvalue weighted by molar-refractivity contribution is 6.49. The molecule has 101 valence electrons. The Morgan fingerprint density at radius 2 is 1.95 bits per heavy atom. The second kappa shape index (κ2) is 5.61. The van der Waals surface area contributed by atoms with Gasteiger partial charge in [0.25, 0.3) is 0 Å². The van der Waals surface area contributed by atoms with Crippen LogP contribution in [0.5, 0.6) is 0 Å². The Morgan fingerprint density at radius 1 is 1.15 bits per heavy atom. The lowest BCUT2D eigenvalue weighted by molar-refractivity contribution is 0.276. The first-order chi connectivity index (χ1) is 9.65. The highest BCUT2D eigenvalue weighted by atomic mass is 35.5. The first kappa shape index (κ1) is 13.7. The predicted octanol–water partition coefficient (Wildman–Crippen LogP) is 2.77. The molecule has 0 N–H and O–H groups in total. The molecule has 4 heteroatoms. The summed E-state index contributed by atoms with van der Waals surface area (Å²) >= 11 is 6.14. The molecule has 2 aromatic rings. The van der Waals surface area contributed by atoms with E-state index in [2.05, 4.69) is 43.3 Å². The van der Waals surface area contributed by atoms with Gasteiger partial charge in [-0.2, -0.15) is 0 Å². The number of nitrogens with zero attached hydrogens (tertiary/aromatic N) is 1. The normalized spacial score (nSPS) is 17.1. The second-order valence-electron chi connectivity index (χ2n) is 5.34. The lowest BCUT2D eigenvalue weighted by atomic mass is 9.85. The smallest absolute Gasteiger partial charge is 0.331 e. The maximum absolute atomic E-state index is 6.14. The van der Waals surface area contributed by atoms with Gasteiger partial charge in [0.05, 0.1) is 6.10 Å². The zero-order valence-corrected chi connectivity index (χ0v) is 12.4. The Kier molecular flexibility index (Phi) is 3.84. The predicted molar refractivity (Wildman–Crippen MR) is 83.6 cm³/mol. The van der Waals surface area contributed by atoms with Crippen LogP contribution in [0.3, 0.4) is 0 Å². The van der Waals surface area contributed by atoms with Crippen molar-refractivity contribution in [2.24, 2.45) is 0 Å². The number of rotatable bonds is 3. The van der Waals surface area contributed by atoms with Crippen LogP contribution >= 0.6 is 11.6 Å². The number of fused-ring (bicyclic) bond motifs is 1. The molecule has 0 fully saturated rings. The van der Waals surface area contributed by atoms with E-state index in [1.807, 2.05) is 25.7 Å². The summed E-state index contributed by atoms with van der Waals surface area (Å²) in [4.78, 5) is 2.14. The van der Waals surface area contributed by atoms with E-state index in [0.717, 1.165) is 17.0 Å². The quantitative estimate of drug-likeness (QED) is 0.804. The SMILES string of the molecule is CN(C)Cc1cc(Cl)ccc1C1O[B]c2ccccc21. The molecule has 0 aromatic heterocycles. The molecule has 1 aliphatic rings. The Labute approximate surface area is 125 Å². The fourth-order valence-electron chi connectivity index (χ4n) is 2.62. The largest absolute Gasteiger partial charge is 0.424 e. The van der Waals surface area contributed by atoms with Gasteiger partial charge in [-0.25, -0.2) is 0 Å². The first-order valence-corrected chi connectivity index (χ1v) is 7.03. The standard InChI is InChI=1S/C16H16BClNO/c1-19(2)10-11-9-12(18)7-8-13(11)16-14-5-3-4-6-15(14)17-20-16/h3-9,16H,10H2,1-2H3. The van der Waals surface area contributed by atoms with Gasteiger partial charge in [-0.05, 0) is 48.4 Å². The van der Waals surface area contributed by atoms with E-state index in [9.17, 15) is 0 Å². The van der Waals surface area contributed by atoms with Gasteiger partial charge >= 0.3 is 7.48 Å². The molecule has 1 heterocycles. The van der Waals surface area contributed by atoms with Gasteiger partial charge in [0.2, 0.25) is 0 Å². The molecule has 2 aromatic carbocycles.